The number of methoxy groups -OCH3 is 1. The van der Waals surface area contributed by atoms with Crippen molar-refractivity contribution in [1.82, 2.24) is 5.32 Å². The zero-order chi connectivity index (χ0) is 14.3. The van der Waals surface area contributed by atoms with E-state index in [0.29, 0.717) is 24.4 Å². The molecule has 6 heteroatoms. The first-order chi connectivity index (χ1) is 9.02. The van der Waals surface area contributed by atoms with Gasteiger partial charge in [-0.2, -0.15) is 0 Å². The summed E-state index contributed by atoms with van der Waals surface area (Å²) in [6.45, 7) is 2.22. The van der Waals surface area contributed by atoms with Gasteiger partial charge in [-0.3, -0.25) is 4.79 Å². The molecule has 0 aliphatic carbocycles. The lowest BCUT2D eigenvalue weighted by molar-refractivity contribution is -0.137. The average molecular weight is 266 g/mol. The summed E-state index contributed by atoms with van der Waals surface area (Å²) in [5.74, 6) is -0.297. The Hall–Kier alpha value is -2.24. The van der Waals surface area contributed by atoms with Gasteiger partial charge in [-0.1, -0.05) is 6.07 Å². The smallest absolute Gasteiger partial charge is 0.319 e. The Labute approximate surface area is 111 Å². The van der Waals surface area contributed by atoms with Gasteiger partial charge in [0.05, 0.1) is 12.8 Å². The summed E-state index contributed by atoms with van der Waals surface area (Å²) in [4.78, 5) is 21.9. The zero-order valence-corrected chi connectivity index (χ0v) is 11.0. The minimum atomic E-state index is -0.873. The molecule has 0 atom stereocenters. The van der Waals surface area contributed by atoms with Crippen LogP contribution in [0.2, 0.25) is 0 Å². The molecule has 0 spiro atoms. The maximum absolute atomic E-state index is 11.6. The van der Waals surface area contributed by atoms with Crippen LogP contribution in [0.3, 0.4) is 0 Å². The van der Waals surface area contributed by atoms with Crippen molar-refractivity contribution in [3.63, 3.8) is 0 Å². The molecule has 6 nitrogen and oxygen atoms in total. The fourth-order valence-electron chi connectivity index (χ4n) is 1.53. The minimum Gasteiger partial charge on any atom is -0.495 e. The first kappa shape index (κ1) is 14.8. The van der Waals surface area contributed by atoms with Gasteiger partial charge in [0.1, 0.15) is 5.75 Å². The van der Waals surface area contributed by atoms with Gasteiger partial charge in [-0.15, -0.1) is 0 Å². The number of rotatable bonds is 6. The normalized spacial score (nSPS) is 9.79. The number of carbonyl (C=O) groups is 2. The molecule has 0 bridgehead atoms. The monoisotopic (exact) mass is 266 g/mol. The third-order valence-electron chi connectivity index (χ3n) is 2.46. The van der Waals surface area contributed by atoms with Crippen LogP contribution in [-0.4, -0.2) is 30.8 Å². The lowest BCUT2D eigenvalue weighted by Gasteiger charge is -2.11. The molecule has 0 aliphatic rings. The number of aliphatic carboxylic acids is 1. The topological polar surface area (TPSA) is 87.7 Å². The molecule has 2 amide bonds. The number of urea groups is 1. The van der Waals surface area contributed by atoms with Gasteiger partial charge < -0.3 is 20.5 Å². The van der Waals surface area contributed by atoms with Crippen LogP contribution < -0.4 is 15.4 Å². The summed E-state index contributed by atoms with van der Waals surface area (Å²) in [6.07, 6.45) is 0.432. The number of hydrogen-bond donors (Lipinski definition) is 3. The molecule has 0 radical (unpaired) electrons. The predicted molar refractivity (Wildman–Crippen MR) is 71.6 cm³/mol. The summed E-state index contributed by atoms with van der Waals surface area (Å²) in [5.41, 5.74) is 1.58. The Bertz CT molecular complexity index is 460. The van der Waals surface area contributed by atoms with Crippen LogP contribution in [0.4, 0.5) is 10.5 Å². The van der Waals surface area contributed by atoms with Crippen LogP contribution in [0.5, 0.6) is 5.75 Å². The minimum absolute atomic E-state index is 0.0358. The van der Waals surface area contributed by atoms with Crippen LogP contribution in [0.25, 0.3) is 0 Å². The fourth-order valence-corrected chi connectivity index (χ4v) is 1.53. The van der Waals surface area contributed by atoms with Crippen molar-refractivity contribution in [3.05, 3.63) is 23.8 Å². The molecule has 1 aromatic rings. The summed E-state index contributed by atoms with van der Waals surface area (Å²) in [7, 11) is 1.53. The Kier molecular flexibility index (Phi) is 5.66. The van der Waals surface area contributed by atoms with Crippen molar-refractivity contribution < 1.29 is 19.4 Å². The van der Waals surface area contributed by atoms with Crippen molar-refractivity contribution in [2.45, 2.75) is 19.8 Å². The number of anilines is 1. The number of benzene rings is 1. The van der Waals surface area contributed by atoms with E-state index < -0.39 is 5.97 Å². The Morgan fingerprint density at radius 2 is 2.11 bits per heavy atom. The van der Waals surface area contributed by atoms with Gasteiger partial charge in [0, 0.05) is 13.0 Å². The molecular weight excluding hydrogens is 248 g/mol. The standard InChI is InChI=1S/C13H18N2O4/c1-9-5-6-11(19-2)10(8-9)15-13(18)14-7-3-4-12(16)17/h5-6,8H,3-4,7H2,1-2H3,(H,16,17)(H2,14,15,18). The maximum Gasteiger partial charge on any atom is 0.319 e. The van der Waals surface area contributed by atoms with Gasteiger partial charge in [-0.25, -0.2) is 4.79 Å². The molecule has 0 saturated heterocycles. The third kappa shape index (κ3) is 5.29. The van der Waals surface area contributed by atoms with E-state index in [9.17, 15) is 9.59 Å². The van der Waals surface area contributed by atoms with E-state index in [2.05, 4.69) is 10.6 Å². The number of amides is 2. The highest BCUT2D eigenvalue weighted by Crippen LogP contribution is 2.24. The summed E-state index contributed by atoms with van der Waals surface area (Å²) >= 11 is 0. The van der Waals surface area contributed by atoms with Crippen LogP contribution in [0, 0.1) is 6.92 Å². The second-order valence-electron chi connectivity index (χ2n) is 4.08. The van der Waals surface area contributed by atoms with Crippen molar-refractivity contribution in [2.24, 2.45) is 0 Å². The molecule has 1 aromatic carbocycles. The second kappa shape index (κ2) is 7.25. The Morgan fingerprint density at radius 3 is 2.74 bits per heavy atom. The van der Waals surface area contributed by atoms with Crippen LogP contribution in [0.15, 0.2) is 18.2 Å². The molecule has 1 rings (SSSR count). The first-order valence-electron chi connectivity index (χ1n) is 5.94. The van der Waals surface area contributed by atoms with Crippen molar-refractivity contribution in [1.29, 1.82) is 0 Å². The number of nitrogens with one attached hydrogen (secondary N) is 2. The van der Waals surface area contributed by atoms with Gasteiger partial charge in [-0.05, 0) is 31.0 Å². The zero-order valence-electron chi connectivity index (χ0n) is 11.0. The molecule has 0 aromatic heterocycles. The lowest BCUT2D eigenvalue weighted by Crippen LogP contribution is -2.30. The molecule has 0 saturated carbocycles. The fraction of sp³-hybridized carbons (Fsp3) is 0.385. The van der Waals surface area contributed by atoms with Crippen molar-refractivity contribution in [3.8, 4) is 5.75 Å². The van der Waals surface area contributed by atoms with E-state index in [1.54, 1.807) is 12.1 Å². The van der Waals surface area contributed by atoms with E-state index in [1.165, 1.54) is 7.11 Å². The highest BCUT2D eigenvalue weighted by Gasteiger charge is 2.07. The SMILES string of the molecule is COc1ccc(C)cc1NC(=O)NCCCC(=O)O. The van der Waals surface area contributed by atoms with E-state index in [-0.39, 0.29) is 12.5 Å². The van der Waals surface area contributed by atoms with Gasteiger partial charge >= 0.3 is 12.0 Å². The van der Waals surface area contributed by atoms with Gasteiger partial charge in [0.2, 0.25) is 0 Å². The van der Waals surface area contributed by atoms with Crippen molar-refractivity contribution >= 4 is 17.7 Å². The van der Waals surface area contributed by atoms with Gasteiger partial charge in [0.15, 0.2) is 0 Å². The van der Waals surface area contributed by atoms with Crippen LogP contribution in [-0.2, 0) is 4.79 Å². The highest BCUT2D eigenvalue weighted by atomic mass is 16.5. The second-order valence-corrected chi connectivity index (χ2v) is 4.08. The number of ether oxygens (including phenoxy) is 1. The summed E-state index contributed by atoms with van der Waals surface area (Å²) < 4.78 is 5.14. The Balaban J connectivity index is 2.47. The molecule has 19 heavy (non-hydrogen) atoms. The highest BCUT2D eigenvalue weighted by molar-refractivity contribution is 5.91. The van der Waals surface area contributed by atoms with E-state index in [4.69, 9.17) is 9.84 Å². The maximum atomic E-state index is 11.6. The summed E-state index contributed by atoms with van der Waals surface area (Å²) in [6, 6.07) is 5.08. The predicted octanol–water partition coefficient (Wildman–Crippen LogP) is 1.99. The number of carboxylic acids is 1. The van der Waals surface area contributed by atoms with Crippen LogP contribution in [0.1, 0.15) is 18.4 Å². The quantitative estimate of drug-likeness (QED) is 0.687. The lowest BCUT2D eigenvalue weighted by atomic mass is 10.2. The largest absolute Gasteiger partial charge is 0.495 e. The van der Waals surface area contributed by atoms with Crippen molar-refractivity contribution in [2.75, 3.05) is 19.0 Å². The molecular formula is C13H18N2O4. The Morgan fingerprint density at radius 1 is 1.37 bits per heavy atom. The van der Waals surface area contributed by atoms with Crippen LogP contribution >= 0.6 is 0 Å². The number of carboxylic acid groups (broad SMARTS) is 1. The number of carbonyl (C=O) groups excluding carboxylic acids is 1. The first-order valence-corrected chi connectivity index (χ1v) is 5.94. The molecule has 3 N–H and O–H groups in total. The molecule has 0 unspecified atom stereocenters. The molecule has 0 heterocycles. The van der Waals surface area contributed by atoms with E-state index in [0.717, 1.165) is 5.56 Å². The third-order valence-corrected chi connectivity index (χ3v) is 2.46. The molecule has 104 valence electrons. The number of aryl methyl sites for hydroxylation is 1. The molecule has 0 aliphatic heterocycles. The molecule has 0 fully saturated rings. The average Bonchev–Trinajstić information content (AvgIpc) is 2.35. The van der Waals surface area contributed by atoms with E-state index in [1.807, 2.05) is 13.0 Å². The summed E-state index contributed by atoms with van der Waals surface area (Å²) in [5, 5.41) is 13.7. The van der Waals surface area contributed by atoms with Gasteiger partial charge in [0.25, 0.3) is 0 Å². The number of hydrogen-bond acceptors (Lipinski definition) is 3. The van der Waals surface area contributed by atoms with E-state index >= 15 is 0 Å².